The van der Waals surface area contributed by atoms with E-state index in [1.54, 1.807) is 6.20 Å². The number of nitrogens with zero attached hydrogens (tertiary/aromatic N) is 2. The summed E-state index contributed by atoms with van der Waals surface area (Å²) in [7, 11) is -5.22. The van der Waals surface area contributed by atoms with Gasteiger partial charge in [-0.3, -0.25) is 9.36 Å². The minimum absolute atomic E-state index is 0.0278. The van der Waals surface area contributed by atoms with Crippen LogP contribution < -0.4 is 10.3 Å². The van der Waals surface area contributed by atoms with Crippen molar-refractivity contribution in [2.24, 2.45) is 0 Å². The molecule has 0 aromatic carbocycles. The van der Waals surface area contributed by atoms with E-state index >= 15 is 0 Å². The van der Waals surface area contributed by atoms with Crippen LogP contribution in [-0.2, 0) is 13.0 Å². The highest BCUT2D eigenvalue weighted by atomic mass is 32.2. The van der Waals surface area contributed by atoms with Crippen LogP contribution in [0.5, 0.6) is 6.01 Å². The maximum atomic E-state index is 11.7. The van der Waals surface area contributed by atoms with Gasteiger partial charge in [0.25, 0.3) is 5.56 Å². The largest absolute Gasteiger partial charge is 0.455 e. The van der Waals surface area contributed by atoms with Crippen LogP contribution >= 0.6 is 11.8 Å². The Bertz CT molecular complexity index is 862. The number of hydrogen-bond donors (Lipinski definition) is 0. The van der Waals surface area contributed by atoms with Crippen LogP contribution in [0, 0.1) is 0 Å². The molecule has 3 aliphatic heterocycles. The Kier molecular flexibility index (Phi) is 6.28. The van der Waals surface area contributed by atoms with Gasteiger partial charge in [-0.1, -0.05) is 55.4 Å². The lowest BCUT2D eigenvalue weighted by atomic mass is 10.1. The van der Waals surface area contributed by atoms with E-state index in [0.29, 0.717) is 23.7 Å². The molecule has 0 saturated carbocycles. The van der Waals surface area contributed by atoms with E-state index in [9.17, 15) is 4.79 Å². The van der Waals surface area contributed by atoms with Gasteiger partial charge in [0.2, 0.25) is 0 Å². The average Bonchev–Trinajstić information content (AvgIpc) is 3.16. The van der Waals surface area contributed by atoms with Crippen molar-refractivity contribution in [2.45, 2.75) is 100 Å². The summed E-state index contributed by atoms with van der Waals surface area (Å²) >= 11 is 1.82. The molecule has 4 atom stereocenters. The molecule has 7 nitrogen and oxygen atoms in total. The van der Waals surface area contributed by atoms with Gasteiger partial charge in [0.1, 0.15) is 11.5 Å². The summed E-state index contributed by atoms with van der Waals surface area (Å²) in [5.74, 6) is 0. The topological polar surface area (TPSA) is 71.8 Å². The SMILES string of the molecule is CC(C)[Si]1(C(C)C)OC[C@H]2SC3[C@@H](Oc4nc(=O)ccn43)[C@@H]2O[Si](C(C)C)(C(C)C)O1. The van der Waals surface area contributed by atoms with Crippen molar-refractivity contribution in [3.05, 3.63) is 22.6 Å². The molecule has 0 amide bonds. The number of aromatic nitrogens is 2. The highest BCUT2D eigenvalue weighted by molar-refractivity contribution is 8.00. The first kappa shape index (κ1) is 23.5. The van der Waals surface area contributed by atoms with Gasteiger partial charge in [-0.2, -0.15) is 4.98 Å². The third kappa shape index (κ3) is 3.67. The van der Waals surface area contributed by atoms with Crippen molar-refractivity contribution >= 4 is 28.9 Å². The number of hydrogen-bond acceptors (Lipinski definition) is 7. The zero-order chi connectivity index (χ0) is 22.7. The second kappa shape index (κ2) is 8.28. The summed E-state index contributed by atoms with van der Waals surface area (Å²) in [5, 5.41) is 0.181. The normalized spacial score (nSPS) is 31.4. The first-order valence-corrected chi connectivity index (χ1v) is 16.3. The fraction of sp³-hybridized carbons (Fsp3) is 0.810. The van der Waals surface area contributed by atoms with Crippen LogP contribution in [0.15, 0.2) is 17.1 Å². The van der Waals surface area contributed by atoms with Crippen LogP contribution in [0.4, 0.5) is 0 Å². The molecule has 2 fully saturated rings. The maximum Gasteiger partial charge on any atom is 0.335 e. The molecule has 31 heavy (non-hydrogen) atoms. The Balaban J connectivity index is 1.76. The molecule has 0 aliphatic carbocycles. The van der Waals surface area contributed by atoms with Crippen LogP contribution in [-0.4, -0.2) is 50.7 Å². The summed E-state index contributed by atoms with van der Waals surface area (Å²) in [6.45, 7) is 18.5. The first-order valence-electron chi connectivity index (χ1n) is 11.4. The minimum atomic E-state index is -2.69. The molecule has 2 saturated heterocycles. The summed E-state index contributed by atoms with van der Waals surface area (Å²) in [5.41, 5.74) is 0.913. The predicted molar refractivity (Wildman–Crippen MR) is 127 cm³/mol. The van der Waals surface area contributed by atoms with Crippen molar-refractivity contribution in [3.8, 4) is 6.01 Å². The van der Waals surface area contributed by atoms with Crippen LogP contribution in [0.1, 0.15) is 60.8 Å². The van der Waals surface area contributed by atoms with Gasteiger partial charge < -0.3 is 17.7 Å². The Morgan fingerprint density at radius 2 is 1.61 bits per heavy atom. The fourth-order valence-electron chi connectivity index (χ4n) is 5.27. The summed E-state index contributed by atoms with van der Waals surface area (Å²) in [6, 6.07) is 1.88. The van der Waals surface area contributed by atoms with Crippen molar-refractivity contribution in [1.82, 2.24) is 9.55 Å². The number of fused-ring (bicyclic) bond motifs is 5. The van der Waals surface area contributed by atoms with E-state index < -0.39 is 17.1 Å². The van der Waals surface area contributed by atoms with Crippen molar-refractivity contribution in [3.63, 3.8) is 0 Å². The monoisotopic (exact) mass is 484 g/mol. The predicted octanol–water partition coefficient (Wildman–Crippen LogP) is 4.57. The molecular weight excluding hydrogens is 448 g/mol. The molecule has 4 rings (SSSR count). The second-order valence-electron chi connectivity index (χ2n) is 10.2. The smallest absolute Gasteiger partial charge is 0.335 e. The Morgan fingerprint density at radius 1 is 1.00 bits per heavy atom. The summed E-state index contributed by atoms with van der Waals surface area (Å²) in [4.78, 5) is 15.8. The summed E-state index contributed by atoms with van der Waals surface area (Å²) in [6.07, 6.45) is 1.43. The van der Waals surface area contributed by atoms with Gasteiger partial charge in [-0.15, -0.1) is 11.8 Å². The minimum Gasteiger partial charge on any atom is -0.455 e. The molecule has 10 heteroatoms. The van der Waals surface area contributed by atoms with Crippen LogP contribution in [0.25, 0.3) is 0 Å². The quantitative estimate of drug-likeness (QED) is 0.580. The van der Waals surface area contributed by atoms with E-state index in [0.717, 1.165) is 0 Å². The fourth-order valence-corrected chi connectivity index (χ4v) is 18.3. The number of thioether (sulfide) groups is 1. The molecule has 0 radical (unpaired) electrons. The van der Waals surface area contributed by atoms with Gasteiger partial charge in [-0.05, 0) is 22.2 Å². The first-order chi connectivity index (χ1) is 14.5. The molecule has 0 spiro atoms. The highest BCUT2D eigenvalue weighted by Crippen LogP contribution is 2.54. The Hall–Kier alpha value is -0.656. The molecule has 4 heterocycles. The number of rotatable bonds is 4. The van der Waals surface area contributed by atoms with E-state index in [1.807, 2.05) is 16.3 Å². The van der Waals surface area contributed by atoms with Gasteiger partial charge in [0.05, 0.1) is 11.9 Å². The molecule has 1 unspecified atom stereocenters. The van der Waals surface area contributed by atoms with Crippen molar-refractivity contribution < 1.29 is 17.7 Å². The molecule has 174 valence electrons. The molecule has 3 aliphatic rings. The third-order valence-corrected chi connectivity index (χ3v) is 18.7. The zero-order valence-corrected chi connectivity index (χ0v) is 22.6. The van der Waals surface area contributed by atoms with Crippen molar-refractivity contribution in [2.75, 3.05) is 6.61 Å². The van der Waals surface area contributed by atoms with E-state index in [-0.39, 0.29) is 39.5 Å². The maximum absolute atomic E-state index is 11.7. The molecule has 0 bridgehead atoms. The van der Waals surface area contributed by atoms with Crippen LogP contribution in [0.3, 0.4) is 0 Å². The van der Waals surface area contributed by atoms with E-state index in [2.05, 4.69) is 60.4 Å². The standard InChI is InChI=1S/C21H36N2O5SSi2/c1-12(2)30(13(3)4)25-11-16-18(27-31(28-30,14(5)6)15(7)8)19-20(29-16)23-10-9-17(24)22-21(23)26-19/h9-10,12-16,18-20H,11H2,1-8H3/t16-,18-,19+,20?/m1/s1. The lowest BCUT2D eigenvalue weighted by Crippen LogP contribution is -2.65. The van der Waals surface area contributed by atoms with Crippen molar-refractivity contribution in [1.29, 1.82) is 0 Å². The zero-order valence-electron chi connectivity index (χ0n) is 19.8. The van der Waals surface area contributed by atoms with E-state index in [4.69, 9.17) is 17.7 Å². The molecule has 1 aromatic rings. The van der Waals surface area contributed by atoms with E-state index in [1.165, 1.54) is 6.07 Å². The van der Waals surface area contributed by atoms with Gasteiger partial charge >= 0.3 is 23.1 Å². The lowest BCUT2D eigenvalue weighted by molar-refractivity contribution is 0.0151. The lowest BCUT2D eigenvalue weighted by Gasteiger charge is -2.51. The van der Waals surface area contributed by atoms with Gasteiger partial charge in [0, 0.05) is 12.3 Å². The Morgan fingerprint density at radius 3 is 2.19 bits per heavy atom. The summed E-state index contributed by atoms with van der Waals surface area (Å²) < 4.78 is 29.5. The Labute approximate surface area is 191 Å². The molecule has 1 aromatic heterocycles. The average molecular weight is 485 g/mol. The van der Waals surface area contributed by atoms with Gasteiger partial charge in [-0.25, -0.2) is 0 Å². The molecule has 0 N–H and O–H groups in total. The second-order valence-corrected chi connectivity index (χ2v) is 20.4. The van der Waals surface area contributed by atoms with Gasteiger partial charge in [0.15, 0.2) is 6.10 Å². The highest BCUT2D eigenvalue weighted by Gasteiger charge is 2.63. The molecular formula is C21H36N2O5SSi2. The number of ether oxygens (including phenoxy) is 1. The van der Waals surface area contributed by atoms with Crippen LogP contribution in [0.2, 0.25) is 22.2 Å². The third-order valence-electron chi connectivity index (χ3n) is 6.94.